The molecule has 3 aromatic rings. The lowest BCUT2D eigenvalue weighted by Crippen LogP contribution is -2.32. The number of nitrogens with one attached hydrogen (secondary N) is 1. The first kappa shape index (κ1) is 15.3. The summed E-state index contributed by atoms with van der Waals surface area (Å²) < 4.78 is 6.75. The topological polar surface area (TPSA) is 64.2 Å². The zero-order valence-electron chi connectivity index (χ0n) is 12.6. The van der Waals surface area contributed by atoms with Gasteiger partial charge in [-0.2, -0.15) is 0 Å². The van der Waals surface area contributed by atoms with E-state index >= 15 is 0 Å². The van der Waals surface area contributed by atoms with Gasteiger partial charge in [-0.05, 0) is 42.8 Å². The summed E-state index contributed by atoms with van der Waals surface area (Å²) in [6.07, 6.45) is 3.99. The quantitative estimate of drug-likeness (QED) is 0.783. The van der Waals surface area contributed by atoms with Crippen LogP contribution in [0, 0.1) is 0 Å². The van der Waals surface area contributed by atoms with Crippen molar-refractivity contribution in [2.45, 2.75) is 6.42 Å². The molecule has 5 nitrogen and oxygen atoms in total. The van der Waals surface area contributed by atoms with E-state index in [-0.39, 0.29) is 17.0 Å². The minimum Gasteiger partial charge on any atom is -0.464 e. The fourth-order valence-electron chi connectivity index (χ4n) is 2.23. The molecule has 3 aromatic heterocycles. The molecule has 0 unspecified atom stereocenters. The van der Waals surface area contributed by atoms with Gasteiger partial charge in [-0.25, -0.2) is 0 Å². The first-order valence-electron chi connectivity index (χ1n) is 7.21. The summed E-state index contributed by atoms with van der Waals surface area (Å²) >= 11 is 1.63. The van der Waals surface area contributed by atoms with Crippen LogP contribution in [0.25, 0.3) is 10.6 Å². The number of pyridine rings is 1. The van der Waals surface area contributed by atoms with Crippen LogP contribution in [0.1, 0.15) is 15.2 Å². The molecule has 0 aromatic carbocycles. The summed E-state index contributed by atoms with van der Waals surface area (Å²) in [4.78, 5) is 26.1. The third-order valence-electron chi connectivity index (χ3n) is 3.45. The lowest BCUT2D eigenvalue weighted by molar-refractivity contribution is 0.0952. The Hall–Kier alpha value is -2.60. The smallest absolute Gasteiger partial charge is 0.263 e. The van der Waals surface area contributed by atoms with Gasteiger partial charge in [-0.3, -0.25) is 9.59 Å². The van der Waals surface area contributed by atoms with Crippen molar-refractivity contribution in [3.63, 3.8) is 0 Å². The van der Waals surface area contributed by atoms with Crippen LogP contribution in [0.15, 0.2) is 58.1 Å². The van der Waals surface area contributed by atoms with Crippen molar-refractivity contribution in [1.29, 1.82) is 0 Å². The van der Waals surface area contributed by atoms with E-state index in [1.165, 1.54) is 10.6 Å². The minimum atomic E-state index is -0.339. The van der Waals surface area contributed by atoms with E-state index in [0.29, 0.717) is 13.0 Å². The molecule has 0 aliphatic carbocycles. The predicted molar refractivity (Wildman–Crippen MR) is 89.7 cm³/mol. The van der Waals surface area contributed by atoms with Gasteiger partial charge in [0.2, 0.25) is 0 Å². The Bertz CT molecular complexity index is 862. The van der Waals surface area contributed by atoms with E-state index in [0.717, 1.165) is 15.5 Å². The van der Waals surface area contributed by atoms with Gasteiger partial charge in [-0.1, -0.05) is 0 Å². The predicted octanol–water partition coefficient (Wildman–Crippen LogP) is 2.68. The monoisotopic (exact) mass is 328 g/mol. The molecule has 0 aliphatic heterocycles. The Morgan fingerprint density at radius 3 is 2.91 bits per heavy atom. The Kier molecular flexibility index (Phi) is 4.43. The van der Waals surface area contributed by atoms with Gasteiger partial charge in [0.15, 0.2) is 0 Å². The van der Waals surface area contributed by atoms with Crippen LogP contribution in [0.3, 0.4) is 0 Å². The van der Waals surface area contributed by atoms with Crippen molar-refractivity contribution >= 4 is 17.2 Å². The second-order valence-corrected chi connectivity index (χ2v) is 6.26. The Morgan fingerprint density at radius 1 is 1.26 bits per heavy atom. The summed E-state index contributed by atoms with van der Waals surface area (Å²) in [6, 6.07) is 11.0. The summed E-state index contributed by atoms with van der Waals surface area (Å²) in [7, 11) is 1.63. The number of carbonyl (C=O) groups excluding carboxylic acids is 1. The van der Waals surface area contributed by atoms with Crippen LogP contribution in [0.5, 0.6) is 0 Å². The SMILES string of the molecule is Cn1cccc(C(=O)NCCc2ccc(-c3ccco3)s2)c1=O. The van der Waals surface area contributed by atoms with E-state index in [1.807, 2.05) is 24.3 Å². The lowest BCUT2D eigenvalue weighted by Gasteiger charge is -2.05. The Balaban J connectivity index is 1.58. The third-order valence-corrected chi connectivity index (χ3v) is 4.61. The molecule has 0 spiro atoms. The van der Waals surface area contributed by atoms with Gasteiger partial charge >= 0.3 is 0 Å². The van der Waals surface area contributed by atoms with E-state index < -0.39 is 0 Å². The molecular formula is C17H16N2O3S. The first-order valence-corrected chi connectivity index (χ1v) is 8.03. The van der Waals surface area contributed by atoms with Crippen LogP contribution in [-0.2, 0) is 13.5 Å². The molecule has 0 aliphatic rings. The van der Waals surface area contributed by atoms with Crippen LogP contribution in [0.2, 0.25) is 0 Å². The van der Waals surface area contributed by atoms with Gasteiger partial charge < -0.3 is 14.3 Å². The zero-order chi connectivity index (χ0) is 16.2. The number of hydrogen-bond acceptors (Lipinski definition) is 4. The van der Waals surface area contributed by atoms with Crippen molar-refractivity contribution in [1.82, 2.24) is 9.88 Å². The van der Waals surface area contributed by atoms with Crippen LogP contribution >= 0.6 is 11.3 Å². The molecule has 3 rings (SSSR count). The minimum absolute atomic E-state index is 0.164. The molecule has 3 heterocycles. The Morgan fingerprint density at radius 2 is 2.13 bits per heavy atom. The average Bonchev–Trinajstić information content (AvgIpc) is 3.20. The van der Waals surface area contributed by atoms with E-state index in [1.54, 1.807) is 36.9 Å². The molecule has 6 heteroatoms. The maximum atomic E-state index is 12.1. The fourth-order valence-corrected chi connectivity index (χ4v) is 3.20. The van der Waals surface area contributed by atoms with E-state index in [4.69, 9.17) is 4.42 Å². The number of aromatic nitrogens is 1. The highest BCUT2D eigenvalue weighted by molar-refractivity contribution is 7.15. The summed E-state index contributed by atoms with van der Waals surface area (Å²) in [5.41, 5.74) is -0.126. The normalized spacial score (nSPS) is 10.7. The molecular weight excluding hydrogens is 312 g/mol. The molecule has 0 atom stereocenters. The second kappa shape index (κ2) is 6.66. The number of furan rings is 1. The van der Waals surface area contributed by atoms with Gasteiger partial charge in [0, 0.05) is 24.7 Å². The summed E-state index contributed by atoms with van der Waals surface area (Å²) in [5, 5.41) is 2.79. The molecule has 23 heavy (non-hydrogen) atoms. The number of rotatable bonds is 5. The molecule has 0 bridgehead atoms. The number of hydrogen-bond donors (Lipinski definition) is 1. The van der Waals surface area contributed by atoms with Crippen molar-refractivity contribution in [2.75, 3.05) is 6.54 Å². The van der Waals surface area contributed by atoms with E-state index in [2.05, 4.69) is 5.32 Å². The van der Waals surface area contributed by atoms with Crippen molar-refractivity contribution < 1.29 is 9.21 Å². The Labute approximate surface area is 137 Å². The van der Waals surface area contributed by atoms with Crippen molar-refractivity contribution in [2.24, 2.45) is 7.05 Å². The average molecular weight is 328 g/mol. The maximum Gasteiger partial charge on any atom is 0.263 e. The zero-order valence-corrected chi connectivity index (χ0v) is 13.4. The van der Waals surface area contributed by atoms with Crippen LogP contribution in [-0.4, -0.2) is 17.0 Å². The molecule has 0 fully saturated rings. The lowest BCUT2D eigenvalue weighted by atomic mass is 10.2. The second-order valence-electron chi connectivity index (χ2n) is 5.09. The molecule has 1 N–H and O–H groups in total. The number of carbonyl (C=O) groups is 1. The highest BCUT2D eigenvalue weighted by atomic mass is 32.1. The molecule has 0 saturated heterocycles. The van der Waals surface area contributed by atoms with Gasteiger partial charge in [0.1, 0.15) is 11.3 Å². The number of nitrogens with zero attached hydrogens (tertiary/aromatic N) is 1. The maximum absolute atomic E-state index is 12.1. The summed E-state index contributed by atoms with van der Waals surface area (Å²) in [5.74, 6) is 0.507. The first-order chi connectivity index (χ1) is 11.1. The summed E-state index contributed by atoms with van der Waals surface area (Å²) in [6.45, 7) is 0.481. The number of amides is 1. The van der Waals surface area contributed by atoms with E-state index in [9.17, 15) is 9.59 Å². The number of aryl methyl sites for hydroxylation is 1. The van der Waals surface area contributed by atoms with Gasteiger partial charge in [0.05, 0.1) is 11.1 Å². The van der Waals surface area contributed by atoms with Crippen molar-refractivity contribution in [3.05, 3.63) is 69.7 Å². The highest BCUT2D eigenvalue weighted by Crippen LogP contribution is 2.28. The van der Waals surface area contributed by atoms with Gasteiger partial charge in [0.25, 0.3) is 11.5 Å². The number of thiophene rings is 1. The van der Waals surface area contributed by atoms with Crippen molar-refractivity contribution in [3.8, 4) is 10.6 Å². The highest BCUT2D eigenvalue weighted by Gasteiger charge is 2.11. The standard InChI is InChI=1S/C17H16N2O3S/c1-19-10-2-4-13(17(19)21)16(20)18-9-8-12-6-7-15(23-12)14-5-3-11-22-14/h2-7,10-11H,8-9H2,1H3,(H,18,20). The van der Waals surface area contributed by atoms with Gasteiger partial charge in [-0.15, -0.1) is 11.3 Å². The third kappa shape index (κ3) is 3.43. The molecule has 0 radical (unpaired) electrons. The molecule has 0 saturated carbocycles. The fraction of sp³-hybridized carbons (Fsp3) is 0.176. The largest absolute Gasteiger partial charge is 0.464 e. The van der Waals surface area contributed by atoms with Crippen LogP contribution in [0.4, 0.5) is 0 Å². The van der Waals surface area contributed by atoms with Crippen LogP contribution < -0.4 is 10.9 Å². The molecule has 118 valence electrons. The molecule has 1 amide bonds.